The number of hydrogen-bond acceptors (Lipinski definition) is 5. The molecule has 1 atom stereocenters. The van der Waals surface area contributed by atoms with Crippen LogP contribution >= 0.6 is 0 Å². The second-order valence-corrected chi connectivity index (χ2v) is 6.12. The van der Waals surface area contributed by atoms with Gasteiger partial charge in [0.05, 0.1) is 13.2 Å². The molecule has 136 valence electrons. The minimum absolute atomic E-state index is 0.217. The van der Waals surface area contributed by atoms with Crippen LogP contribution in [0.25, 0.3) is 0 Å². The first kappa shape index (κ1) is 18.0. The Kier molecular flexibility index (Phi) is 5.26. The average molecular weight is 354 g/mol. The molecule has 0 radical (unpaired) electrons. The van der Waals surface area contributed by atoms with Crippen molar-refractivity contribution >= 4 is 11.9 Å². The van der Waals surface area contributed by atoms with Gasteiger partial charge >= 0.3 is 11.9 Å². The molecule has 0 aromatic heterocycles. The Morgan fingerprint density at radius 2 is 1.50 bits per heavy atom. The normalized spacial score (nSPS) is 17.2. The second-order valence-electron chi connectivity index (χ2n) is 6.12. The highest BCUT2D eigenvalue weighted by Gasteiger charge is 2.69. The maximum atomic E-state index is 12.5. The summed E-state index contributed by atoms with van der Waals surface area (Å²) in [6.45, 7) is 3.88. The van der Waals surface area contributed by atoms with Crippen LogP contribution in [0.1, 0.15) is 31.7 Å². The van der Waals surface area contributed by atoms with E-state index in [2.05, 4.69) is 0 Å². The lowest BCUT2D eigenvalue weighted by atomic mass is 9.98. The van der Waals surface area contributed by atoms with Crippen molar-refractivity contribution in [2.75, 3.05) is 13.2 Å². The zero-order chi connectivity index (χ0) is 18.6. The monoisotopic (exact) mass is 354 g/mol. The van der Waals surface area contributed by atoms with Crippen LogP contribution in [0, 0.1) is 5.41 Å². The molecule has 0 amide bonds. The third-order valence-corrected chi connectivity index (χ3v) is 4.51. The fourth-order valence-electron chi connectivity index (χ4n) is 3.17. The molecule has 0 heterocycles. The van der Waals surface area contributed by atoms with E-state index in [-0.39, 0.29) is 19.1 Å². The summed E-state index contributed by atoms with van der Waals surface area (Å²) in [5.41, 5.74) is -0.472. The standard InChI is InChI=1S/C21H22O5/c1-3-24-19(22)21(20(23)25-4-2)14-17(21)16-12-8-9-13-18(16)26-15-10-6-5-7-11-15/h5-13,17H,3-4,14H2,1-2H3. The van der Waals surface area contributed by atoms with Crippen LogP contribution in [-0.2, 0) is 19.1 Å². The summed E-state index contributed by atoms with van der Waals surface area (Å²) < 4.78 is 16.3. The van der Waals surface area contributed by atoms with E-state index in [1.54, 1.807) is 13.8 Å². The van der Waals surface area contributed by atoms with Crippen LogP contribution in [0.3, 0.4) is 0 Å². The van der Waals surface area contributed by atoms with Crippen LogP contribution in [0.2, 0.25) is 0 Å². The molecule has 0 saturated heterocycles. The Morgan fingerprint density at radius 1 is 0.923 bits per heavy atom. The van der Waals surface area contributed by atoms with Gasteiger partial charge in [0.15, 0.2) is 5.41 Å². The number of para-hydroxylation sites is 2. The van der Waals surface area contributed by atoms with E-state index in [0.717, 1.165) is 5.56 Å². The van der Waals surface area contributed by atoms with Crippen molar-refractivity contribution in [1.29, 1.82) is 0 Å². The van der Waals surface area contributed by atoms with Gasteiger partial charge in [0.1, 0.15) is 11.5 Å². The molecule has 3 rings (SSSR count). The number of carbonyl (C=O) groups excluding carboxylic acids is 2. The van der Waals surface area contributed by atoms with Gasteiger partial charge in [0, 0.05) is 5.92 Å². The first-order valence-electron chi connectivity index (χ1n) is 8.79. The van der Waals surface area contributed by atoms with Gasteiger partial charge in [-0.05, 0) is 44.0 Å². The summed E-state index contributed by atoms with van der Waals surface area (Å²) in [5, 5.41) is 0. The highest BCUT2D eigenvalue weighted by Crippen LogP contribution is 2.62. The maximum absolute atomic E-state index is 12.5. The van der Waals surface area contributed by atoms with Crippen LogP contribution in [0.5, 0.6) is 11.5 Å². The first-order chi connectivity index (χ1) is 12.6. The third-order valence-electron chi connectivity index (χ3n) is 4.51. The molecular weight excluding hydrogens is 332 g/mol. The number of ether oxygens (including phenoxy) is 3. The van der Waals surface area contributed by atoms with Gasteiger partial charge in [-0.1, -0.05) is 36.4 Å². The molecule has 2 aromatic carbocycles. The zero-order valence-corrected chi connectivity index (χ0v) is 14.9. The van der Waals surface area contributed by atoms with E-state index >= 15 is 0 Å². The summed E-state index contributed by atoms with van der Waals surface area (Å²) in [7, 11) is 0. The fraction of sp³-hybridized carbons (Fsp3) is 0.333. The molecule has 5 nitrogen and oxygen atoms in total. The second kappa shape index (κ2) is 7.60. The van der Waals surface area contributed by atoms with Crippen molar-refractivity contribution < 1.29 is 23.8 Å². The van der Waals surface area contributed by atoms with Gasteiger partial charge in [0.25, 0.3) is 0 Å². The topological polar surface area (TPSA) is 61.8 Å². The molecule has 1 saturated carbocycles. The Morgan fingerprint density at radius 3 is 2.12 bits per heavy atom. The molecular formula is C21H22O5. The highest BCUT2D eigenvalue weighted by molar-refractivity contribution is 6.05. The van der Waals surface area contributed by atoms with Gasteiger partial charge in [-0.25, -0.2) is 0 Å². The average Bonchev–Trinajstić information content (AvgIpc) is 3.40. The molecule has 5 heteroatoms. The van der Waals surface area contributed by atoms with Gasteiger partial charge in [-0.15, -0.1) is 0 Å². The summed E-state index contributed by atoms with van der Waals surface area (Å²) in [6.07, 6.45) is 0.361. The van der Waals surface area contributed by atoms with E-state index in [9.17, 15) is 9.59 Å². The highest BCUT2D eigenvalue weighted by atomic mass is 16.6. The van der Waals surface area contributed by atoms with Crippen molar-refractivity contribution in [2.24, 2.45) is 5.41 Å². The SMILES string of the molecule is CCOC(=O)C1(C(=O)OCC)CC1c1ccccc1Oc1ccccc1. The molecule has 0 aliphatic heterocycles. The zero-order valence-electron chi connectivity index (χ0n) is 14.9. The van der Waals surface area contributed by atoms with E-state index in [1.807, 2.05) is 54.6 Å². The van der Waals surface area contributed by atoms with Crippen molar-refractivity contribution in [1.82, 2.24) is 0 Å². The Bertz CT molecular complexity index is 766. The largest absolute Gasteiger partial charge is 0.465 e. The minimum Gasteiger partial charge on any atom is -0.465 e. The quantitative estimate of drug-likeness (QED) is 0.554. The van der Waals surface area contributed by atoms with Crippen LogP contribution in [0.15, 0.2) is 54.6 Å². The first-order valence-corrected chi connectivity index (χ1v) is 8.79. The lowest BCUT2D eigenvalue weighted by molar-refractivity contribution is -0.164. The number of carbonyl (C=O) groups is 2. The molecule has 1 unspecified atom stereocenters. The summed E-state index contributed by atoms with van der Waals surface area (Å²) in [4.78, 5) is 25.1. The van der Waals surface area contributed by atoms with Gasteiger partial charge in [-0.2, -0.15) is 0 Å². The molecule has 2 aromatic rings. The van der Waals surface area contributed by atoms with Crippen LogP contribution < -0.4 is 4.74 Å². The smallest absolute Gasteiger partial charge is 0.324 e. The van der Waals surface area contributed by atoms with Gasteiger partial charge in [0.2, 0.25) is 0 Å². The summed E-state index contributed by atoms with van der Waals surface area (Å²) in [5.74, 6) is -0.0610. The number of hydrogen-bond donors (Lipinski definition) is 0. The molecule has 0 N–H and O–H groups in total. The predicted octanol–water partition coefficient (Wildman–Crippen LogP) is 4.08. The molecule has 1 aliphatic carbocycles. The minimum atomic E-state index is -1.28. The summed E-state index contributed by atoms with van der Waals surface area (Å²) in [6, 6.07) is 16.8. The van der Waals surface area contributed by atoms with E-state index in [0.29, 0.717) is 17.9 Å². The van der Waals surface area contributed by atoms with Crippen LogP contribution in [-0.4, -0.2) is 25.2 Å². The van der Waals surface area contributed by atoms with E-state index in [4.69, 9.17) is 14.2 Å². The summed E-state index contributed by atoms with van der Waals surface area (Å²) >= 11 is 0. The number of rotatable bonds is 7. The molecule has 0 spiro atoms. The Labute approximate surface area is 152 Å². The predicted molar refractivity (Wildman–Crippen MR) is 96.0 cm³/mol. The molecule has 26 heavy (non-hydrogen) atoms. The molecule has 0 bridgehead atoms. The van der Waals surface area contributed by atoms with Crippen LogP contribution in [0.4, 0.5) is 0 Å². The van der Waals surface area contributed by atoms with E-state index in [1.165, 1.54) is 0 Å². The number of esters is 2. The number of benzene rings is 2. The lowest BCUT2D eigenvalue weighted by Gasteiger charge is -2.16. The van der Waals surface area contributed by atoms with Crippen molar-refractivity contribution in [3.8, 4) is 11.5 Å². The van der Waals surface area contributed by atoms with Crippen molar-refractivity contribution in [2.45, 2.75) is 26.2 Å². The lowest BCUT2D eigenvalue weighted by Crippen LogP contribution is -2.31. The third kappa shape index (κ3) is 3.29. The van der Waals surface area contributed by atoms with Crippen molar-refractivity contribution in [3.63, 3.8) is 0 Å². The molecule has 1 fully saturated rings. The van der Waals surface area contributed by atoms with Gasteiger partial charge in [-0.3, -0.25) is 9.59 Å². The van der Waals surface area contributed by atoms with Crippen molar-refractivity contribution in [3.05, 3.63) is 60.2 Å². The maximum Gasteiger partial charge on any atom is 0.324 e. The van der Waals surface area contributed by atoms with E-state index < -0.39 is 17.4 Å². The van der Waals surface area contributed by atoms with Gasteiger partial charge < -0.3 is 14.2 Å². The Balaban J connectivity index is 1.91. The molecule has 1 aliphatic rings. The Hall–Kier alpha value is -2.82. The fourth-order valence-corrected chi connectivity index (χ4v) is 3.17.